The van der Waals surface area contributed by atoms with E-state index in [1.807, 2.05) is 26.0 Å². The van der Waals surface area contributed by atoms with Crippen LogP contribution in [0.2, 0.25) is 0 Å². The van der Waals surface area contributed by atoms with Gasteiger partial charge in [0.1, 0.15) is 0 Å². The third-order valence-electron chi connectivity index (χ3n) is 2.18. The highest BCUT2D eigenvalue weighted by molar-refractivity contribution is 9.10. The molecule has 0 saturated heterocycles. The van der Waals surface area contributed by atoms with E-state index >= 15 is 0 Å². The van der Waals surface area contributed by atoms with Gasteiger partial charge in [-0.05, 0) is 53.4 Å². The molecule has 1 aromatic carbocycles. The fraction of sp³-hybridized carbons (Fsp3) is 0.455. The Hall–Kier alpha value is -0.390. The molecule has 5 heteroatoms. The Kier molecular flexibility index (Phi) is 4.52. The first-order valence-corrected chi connectivity index (χ1v) is 7.42. The molecule has 0 saturated carbocycles. The lowest BCUT2D eigenvalue weighted by Gasteiger charge is -2.11. The molecule has 90 valence electrons. The maximum absolute atomic E-state index is 12.0. The second kappa shape index (κ2) is 5.29. The molecule has 0 fully saturated rings. The first kappa shape index (κ1) is 13.7. The molecule has 0 unspecified atom stereocenters. The van der Waals surface area contributed by atoms with E-state index in [9.17, 15) is 8.42 Å². The second-order valence-electron chi connectivity index (χ2n) is 3.79. The van der Waals surface area contributed by atoms with Crippen molar-refractivity contribution >= 4 is 26.0 Å². The number of hydrogen-bond acceptors (Lipinski definition) is 2. The van der Waals surface area contributed by atoms with Crippen LogP contribution in [-0.4, -0.2) is 15.0 Å². The molecule has 16 heavy (non-hydrogen) atoms. The van der Waals surface area contributed by atoms with Gasteiger partial charge in [-0.1, -0.05) is 13.0 Å². The Balaban J connectivity index is 3.23. The minimum absolute atomic E-state index is 0.339. The molecule has 1 rings (SSSR count). The molecule has 0 aliphatic carbocycles. The number of benzene rings is 1. The Labute approximate surface area is 105 Å². The predicted molar refractivity (Wildman–Crippen MR) is 69.1 cm³/mol. The van der Waals surface area contributed by atoms with E-state index in [1.54, 1.807) is 6.92 Å². The van der Waals surface area contributed by atoms with Gasteiger partial charge in [0.15, 0.2) is 0 Å². The predicted octanol–water partition coefficient (Wildman–Crippen LogP) is 2.75. The largest absolute Gasteiger partial charge is 0.241 e. The first-order valence-electron chi connectivity index (χ1n) is 5.15. The highest BCUT2D eigenvalue weighted by Gasteiger charge is 2.19. The normalized spacial score (nSPS) is 11.8. The SMILES string of the molecule is CCCNS(=O)(=O)c1c(C)cc(C)cc1Br. The van der Waals surface area contributed by atoms with E-state index in [2.05, 4.69) is 20.7 Å². The second-order valence-corrected chi connectivity index (χ2v) is 6.35. The summed E-state index contributed by atoms with van der Waals surface area (Å²) in [4.78, 5) is 0.339. The zero-order valence-corrected chi connectivity index (χ0v) is 12.1. The van der Waals surface area contributed by atoms with Crippen molar-refractivity contribution in [3.63, 3.8) is 0 Å². The van der Waals surface area contributed by atoms with Gasteiger partial charge in [0.25, 0.3) is 0 Å². The Morgan fingerprint density at radius 3 is 2.44 bits per heavy atom. The minimum atomic E-state index is -3.40. The molecule has 0 amide bonds. The van der Waals surface area contributed by atoms with Gasteiger partial charge in [-0.2, -0.15) is 0 Å². The molecule has 1 aromatic rings. The first-order chi connectivity index (χ1) is 7.38. The number of hydrogen-bond donors (Lipinski definition) is 1. The number of halogens is 1. The quantitative estimate of drug-likeness (QED) is 0.930. The fourth-order valence-corrected chi connectivity index (χ4v) is 4.28. The van der Waals surface area contributed by atoms with Crippen LogP contribution < -0.4 is 4.72 Å². The van der Waals surface area contributed by atoms with Crippen LogP contribution in [-0.2, 0) is 10.0 Å². The van der Waals surface area contributed by atoms with Gasteiger partial charge in [0.05, 0.1) is 4.90 Å². The van der Waals surface area contributed by atoms with Gasteiger partial charge in [-0.3, -0.25) is 0 Å². The zero-order valence-electron chi connectivity index (χ0n) is 9.67. The van der Waals surface area contributed by atoms with Gasteiger partial charge >= 0.3 is 0 Å². The lowest BCUT2D eigenvalue weighted by molar-refractivity contribution is 0.579. The smallest absolute Gasteiger partial charge is 0.211 e. The average molecular weight is 306 g/mol. The molecule has 0 spiro atoms. The van der Waals surface area contributed by atoms with E-state index in [1.165, 1.54) is 0 Å². The van der Waals surface area contributed by atoms with E-state index in [0.717, 1.165) is 17.5 Å². The number of rotatable bonds is 4. The number of aryl methyl sites for hydroxylation is 2. The Morgan fingerprint density at radius 2 is 1.94 bits per heavy atom. The lowest BCUT2D eigenvalue weighted by Crippen LogP contribution is -2.25. The van der Waals surface area contributed by atoms with Gasteiger partial charge < -0.3 is 0 Å². The summed E-state index contributed by atoms with van der Waals surface area (Å²) in [7, 11) is -3.40. The van der Waals surface area contributed by atoms with Crippen molar-refractivity contribution in [3.05, 3.63) is 27.7 Å². The van der Waals surface area contributed by atoms with Crippen molar-refractivity contribution in [3.8, 4) is 0 Å². The third kappa shape index (κ3) is 3.06. The Morgan fingerprint density at radius 1 is 1.31 bits per heavy atom. The van der Waals surface area contributed by atoms with Crippen molar-refractivity contribution in [2.45, 2.75) is 32.1 Å². The molecule has 0 atom stereocenters. The van der Waals surface area contributed by atoms with Crippen LogP contribution in [0.5, 0.6) is 0 Å². The summed E-state index contributed by atoms with van der Waals surface area (Å²) in [6.07, 6.45) is 0.780. The molecule has 0 aliphatic rings. The number of sulfonamides is 1. The number of nitrogens with one attached hydrogen (secondary N) is 1. The van der Waals surface area contributed by atoms with Gasteiger partial charge in [0.2, 0.25) is 10.0 Å². The van der Waals surface area contributed by atoms with Crippen molar-refractivity contribution in [1.82, 2.24) is 4.72 Å². The molecular formula is C11H16BrNO2S. The van der Waals surface area contributed by atoms with Crippen molar-refractivity contribution in [2.75, 3.05) is 6.54 Å². The molecule has 0 aromatic heterocycles. The third-order valence-corrected chi connectivity index (χ3v) is 4.74. The van der Waals surface area contributed by atoms with E-state index < -0.39 is 10.0 Å². The maximum Gasteiger partial charge on any atom is 0.241 e. The van der Waals surface area contributed by atoms with Crippen LogP contribution in [0.4, 0.5) is 0 Å². The Bertz CT molecular complexity index is 460. The molecule has 1 N–H and O–H groups in total. The van der Waals surface area contributed by atoms with Crippen LogP contribution >= 0.6 is 15.9 Å². The molecule has 3 nitrogen and oxygen atoms in total. The minimum Gasteiger partial charge on any atom is -0.211 e. The molecule has 0 heterocycles. The summed E-state index contributed by atoms with van der Waals surface area (Å²) in [5, 5.41) is 0. The summed E-state index contributed by atoms with van der Waals surface area (Å²) >= 11 is 3.31. The van der Waals surface area contributed by atoms with Crippen molar-refractivity contribution in [2.24, 2.45) is 0 Å². The van der Waals surface area contributed by atoms with E-state index in [4.69, 9.17) is 0 Å². The topological polar surface area (TPSA) is 46.2 Å². The van der Waals surface area contributed by atoms with Gasteiger partial charge in [-0.15, -0.1) is 0 Å². The summed E-state index contributed by atoms with van der Waals surface area (Å²) in [5.41, 5.74) is 1.80. The van der Waals surface area contributed by atoms with Crippen LogP contribution in [0.1, 0.15) is 24.5 Å². The fourth-order valence-electron chi connectivity index (χ4n) is 1.55. The highest BCUT2D eigenvalue weighted by Crippen LogP contribution is 2.26. The summed E-state index contributed by atoms with van der Waals surface area (Å²) in [6, 6.07) is 3.68. The van der Waals surface area contributed by atoms with Crippen LogP contribution in [0.15, 0.2) is 21.5 Å². The standard InChI is InChI=1S/C11H16BrNO2S/c1-4-5-13-16(14,15)11-9(3)6-8(2)7-10(11)12/h6-7,13H,4-5H2,1-3H3. The summed E-state index contributed by atoms with van der Waals surface area (Å²) < 4.78 is 27.2. The molecular weight excluding hydrogens is 290 g/mol. The monoisotopic (exact) mass is 305 g/mol. The van der Waals surface area contributed by atoms with Gasteiger partial charge in [0, 0.05) is 11.0 Å². The van der Waals surface area contributed by atoms with Crippen molar-refractivity contribution in [1.29, 1.82) is 0 Å². The van der Waals surface area contributed by atoms with Crippen molar-refractivity contribution < 1.29 is 8.42 Å². The summed E-state index contributed by atoms with van der Waals surface area (Å²) in [5.74, 6) is 0. The summed E-state index contributed by atoms with van der Waals surface area (Å²) in [6.45, 7) is 6.13. The molecule has 0 aliphatic heterocycles. The van der Waals surface area contributed by atoms with E-state index in [0.29, 0.717) is 15.9 Å². The lowest BCUT2D eigenvalue weighted by atomic mass is 10.2. The maximum atomic E-state index is 12.0. The average Bonchev–Trinajstić information content (AvgIpc) is 2.12. The van der Waals surface area contributed by atoms with E-state index in [-0.39, 0.29) is 0 Å². The zero-order chi connectivity index (χ0) is 12.3. The van der Waals surface area contributed by atoms with Gasteiger partial charge in [-0.25, -0.2) is 13.1 Å². The highest BCUT2D eigenvalue weighted by atomic mass is 79.9. The molecule has 0 bridgehead atoms. The van der Waals surface area contributed by atoms with Crippen LogP contribution in [0.25, 0.3) is 0 Å². The van der Waals surface area contributed by atoms with Crippen LogP contribution in [0, 0.1) is 13.8 Å². The molecule has 0 radical (unpaired) electrons. The van der Waals surface area contributed by atoms with Crippen LogP contribution in [0.3, 0.4) is 0 Å².